The van der Waals surface area contributed by atoms with Gasteiger partial charge in [0.05, 0.1) is 6.61 Å². The number of hydrogen-bond acceptors (Lipinski definition) is 3. The molecule has 4 nitrogen and oxygen atoms in total. The number of nitrogens with one attached hydrogen (secondary N) is 1. The molecule has 0 aliphatic rings. The fourth-order valence-electron chi connectivity index (χ4n) is 1.91. The molecule has 2 aromatic rings. The highest BCUT2D eigenvalue weighted by molar-refractivity contribution is 6.09. The van der Waals surface area contributed by atoms with Crippen LogP contribution in [0, 0.1) is 17.1 Å². The molecule has 0 saturated carbocycles. The Morgan fingerprint density at radius 2 is 2.04 bits per heavy atom. The van der Waals surface area contributed by atoms with Gasteiger partial charge in [0, 0.05) is 5.69 Å². The van der Waals surface area contributed by atoms with E-state index in [-0.39, 0.29) is 5.57 Å². The van der Waals surface area contributed by atoms with Gasteiger partial charge in [-0.25, -0.2) is 4.39 Å². The summed E-state index contributed by atoms with van der Waals surface area (Å²) in [6, 6.07) is 14.3. The first-order valence-corrected chi connectivity index (χ1v) is 7.04. The van der Waals surface area contributed by atoms with Crippen molar-refractivity contribution >= 4 is 17.7 Å². The molecule has 0 saturated heterocycles. The third kappa shape index (κ3) is 4.68. The van der Waals surface area contributed by atoms with Gasteiger partial charge in [-0.1, -0.05) is 12.1 Å². The predicted molar refractivity (Wildman–Crippen MR) is 86.2 cm³/mol. The maximum Gasteiger partial charge on any atom is 0.266 e. The van der Waals surface area contributed by atoms with Gasteiger partial charge in [0.2, 0.25) is 0 Å². The highest BCUT2D eigenvalue weighted by Crippen LogP contribution is 2.17. The zero-order chi connectivity index (χ0) is 16.7. The van der Waals surface area contributed by atoms with Crippen LogP contribution in [0.1, 0.15) is 12.5 Å². The van der Waals surface area contributed by atoms with Crippen molar-refractivity contribution in [2.75, 3.05) is 11.9 Å². The number of benzene rings is 2. The Labute approximate surface area is 133 Å². The van der Waals surface area contributed by atoms with Gasteiger partial charge >= 0.3 is 0 Å². The van der Waals surface area contributed by atoms with Crippen molar-refractivity contribution < 1.29 is 13.9 Å². The molecule has 0 aromatic heterocycles. The topological polar surface area (TPSA) is 62.1 Å². The number of nitrogens with zero attached hydrogens (tertiary/aromatic N) is 1. The number of anilines is 1. The fraction of sp³-hybridized carbons (Fsp3) is 0.111. The number of nitriles is 1. The second-order valence-corrected chi connectivity index (χ2v) is 4.64. The number of hydrogen-bond donors (Lipinski definition) is 1. The van der Waals surface area contributed by atoms with Crippen LogP contribution < -0.4 is 10.1 Å². The van der Waals surface area contributed by atoms with Crippen molar-refractivity contribution in [3.05, 3.63) is 65.5 Å². The van der Waals surface area contributed by atoms with E-state index in [1.807, 2.05) is 13.0 Å². The van der Waals surface area contributed by atoms with Crippen LogP contribution in [0.5, 0.6) is 5.75 Å². The summed E-state index contributed by atoms with van der Waals surface area (Å²) in [5.41, 5.74) is 0.881. The van der Waals surface area contributed by atoms with E-state index in [9.17, 15) is 9.18 Å². The van der Waals surface area contributed by atoms with E-state index >= 15 is 0 Å². The van der Waals surface area contributed by atoms with Crippen molar-refractivity contribution in [2.24, 2.45) is 0 Å². The molecule has 0 aliphatic heterocycles. The zero-order valence-corrected chi connectivity index (χ0v) is 12.5. The number of rotatable bonds is 5. The molecule has 0 aliphatic carbocycles. The SMILES string of the molecule is CCOc1ccc(NC(=O)/C(C#N)=C/c2cccc(F)c2)cc1. The summed E-state index contributed by atoms with van der Waals surface area (Å²) in [6.45, 7) is 2.44. The van der Waals surface area contributed by atoms with Crippen LogP contribution in [0.3, 0.4) is 0 Å². The van der Waals surface area contributed by atoms with Crippen LogP contribution in [0.2, 0.25) is 0 Å². The van der Waals surface area contributed by atoms with Gasteiger partial charge in [0.1, 0.15) is 23.2 Å². The van der Waals surface area contributed by atoms with Crippen molar-refractivity contribution in [2.45, 2.75) is 6.92 Å². The summed E-state index contributed by atoms with van der Waals surface area (Å²) in [6.07, 6.45) is 1.34. The molecule has 1 N–H and O–H groups in total. The van der Waals surface area contributed by atoms with Crippen molar-refractivity contribution in [1.29, 1.82) is 5.26 Å². The molecule has 0 spiro atoms. The lowest BCUT2D eigenvalue weighted by molar-refractivity contribution is -0.112. The van der Waals surface area contributed by atoms with E-state index in [4.69, 9.17) is 10.00 Å². The van der Waals surface area contributed by atoms with E-state index < -0.39 is 11.7 Å². The highest BCUT2D eigenvalue weighted by Gasteiger charge is 2.09. The molecule has 0 heterocycles. The normalized spacial score (nSPS) is 10.7. The largest absolute Gasteiger partial charge is 0.494 e. The average molecular weight is 310 g/mol. The summed E-state index contributed by atoms with van der Waals surface area (Å²) in [5, 5.41) is 11.7. The van der Waals surface area contributed by atoms with Crippen LogP contribution in [0.25, 0.3) is 6.08 Å². The lowest BCUT2D eigenvalue weighted by atomic mass is 10.1. The van der Waals surface area contributed by atoms with Crippen LogP contribution in [-0.2, 0) is 4.79 Å². The van der Waals surface area contributed by atoms with Crippen molar-refractivity contribution in [3.63, 3.8) is 0 Å². The number of ether oxygens (including phenoxy) is 1. The lowest BCUT2D eigenvalue weighted by Crippen LogP contribution is -2.13. The van der Waals surface area contributed by atoms with Crippen molar-refractivity contribution in [1.82, 2.24) is 0 Å². The zero-order valence-electron chi connectivity index (χ0n) is 12.5. The second kappa shape index (κ2) is 7.76. The van der Waals surface area contributed by atoms with Gasteiger partial charge < -0.3 is 10.1 Å². The molecule has 0 atom stereocenters. The minimum Gasteiger partial charge on any atom is -0.494 e. The monoisotopic (exact) mass is 310 g/mol. The highest BCUT2D eigenvalue weighted by atomic mass is 19.1. The molecule has 0 unspecified atom stereocenters. The van der Waals surface area contributed by atoms with E-state index in [0.29, 0.717) is 23.6 Å². The van der Waals surface area contributed by atoms with E-state index in [1.165, 1.54) is 24.3 Å². The van der Waals surface area contributed by atoms with Crippen LogP contribution in [0.4, 0.5) is 10.1 Å². The average Bonchev–Trinajstić information content (AvgIpc) is 2.54. The molecule has 2 aromatic carbocycles. The Bertz CT molecular complexity index is 761. The first-order valence-electron chi connectivity index (χ1n) is 7.04. The van der Waals surface area contributed by atoms with Crippen LogP contribution >= 0.6 is 0 Å². The van der Waals surface area contributed by atoms with E-state index in [2.05, 4.69) is 5.32 Å². The Kier molecular flexibility index (Phi) is 5.48. The Morgan fingerprint density at radius 1 is 1.30 bits per heavy atom. The Balaban J connectivity index is 2.12. The first kappa shape index (κ1) is 16.2. The summed E-state index contributed by atoms with van der Waals surface area (Å²) < 4.78 is 18.5. The molecule has 23 heavy (non-hydrogen) atoms. The van der Waals surface area contributed by atoms with Gasteiger partial charge in [0.15, 0.2) is 0 Å². The third-order valence-electron chi connectivity index (χ3n) is 2.95. The molecule has 5 heteroatoms. The molecular formula is C18H15FN2O2. The number of carbonyl (C=O) groups excluding carboxylic acids is 1. The maximum absolute atomic E-state index is 13.1. The number of carbonyl (C=O) groups is 1. The van der Waals surface area contributed by atoms with Gasteiger partial charge in [-0.2, -0.15) is 5.26 Å². The van der Waals surface area contributed by atoms with Crippen LogP contribution in [0.15, 0.2) is 54.1 Å². The quantitative estimate of drug-likeness (QED) is 0.675. The molecule has 116 valence electrons. The fourth-order valence-corrected chi connectivity index (χ4v) is 1.91. The first-order chi connectivity index (χ1) is 11.1. The molecule has 2 rings (SSSR count). The van der Waals surface area contributed by atoms with Gasteiger partial charge in [-0.05, 0) is 55.0 Å². The third-order valence-corrected chi connectivity index (χ3v) is 2.95. The molecule has 0 fully saturated rings. The Morgan fingerprint density at radius 3 is 2.65 bits per heavy atom. The molecule has 0 bridgehead atoms. The van der Waals surface area contributed by atoms with E-state index in [0.717, 1.165) is 0 Å². The van der Waals surface area contributed by atoms with Crippen LogP contribution in [-0.4, -0.2) is 12.5 Å². The Hall–Kier alpha value is -3.13. The van der Waals surface area contributed by atoms with Gasteiger partial charge in [0.25, 0.3) is 5.91 Å². The maximum atomic E-state index is 13.1. The summed E-state index contributed by atoms with van der Waals surface area (Å²) >= 11 is 0. The summed E-state index contributed by atoms with van der Waals surface area (Å²) in [7, 11) is 0. The van der Waals surface area contributed by atoms with Crippen molar-refractivity contribution in [3.8, 4) is 11.8 Å². The molecule has 0 radical (unpaired) electrons. The molecular weight excluding hydrogens is 295 g/mol. The minimum absolute atomic E-state index is 0.107. The summed E-state index contributed by atoms with van der Waals surface area (Å²) in [5.74, 6) is -0.287. The smallest absolute Gasteiger partial charge is 0.266 e. The standard InChI is InChI=1S/C18H15FN2O2/c1-2-23-17-8-6-16(7-9-17)21-18(22)14(12-20)10-13-4-3-5-15(19)11-13/h3-11H,2H2,1H3,(H,21,22)/b14-10+. The lowest BCUT2D eigenvalue weighted by Gasteiger charge is -2.06. The molecule has 1 amide bonds. The van der Waals surface area contributed by atoms with Gasteiger partial charge in [-0.3, -0.25) is 4.79 Å². The van der Waals surface area contributed by atoms with Gasteiger partial charge in [-0.15, -0.1) is 0 Å². The minimum atomic E-state index is -0.555. The number of halogens is 1. The second-order valence-electron chi connectivity index (χ2n) is 4.64. The number of amides is 1. The van der Waals surface area contributed by atoms with E-state index in [1.54, 1.807) is 30.3 Å². The summed E-state index contributed by atoms with van der Waals surface area (Å²) in [4.78, 5) is 12.1. The predicted octanol–water partition coefficient (Wildman–Crippen LogP) is 3.77.